The van der Waals surface area contributed by atoms with Crippen molar-refractivity contribution in [2.75, 3.05) is 19.6 Å². The monoisotopic (exact) mass is 406 g/mol. The summed E-state index contributed by atoms with van der Waals surface area (Å²) in [5, 5.41) is 0. The van der Waals surface area contributed by atoms with Gasteiger partial charge in [-0.2, -0.15) is 0 Å². The third-order valence-electron chi connectivity index (χ3n) is 5.22. The van der Waals surface area contributed by atoms with Crippen LogP contribution in [0.15, 0.2) is 53.3 Å². The summed E-state index contributed by atoms with van der Waals surface area (Å²) in [5.41, 5.74) is 3.33. The number of rotatable bonds is 4. The van der Waals surface area contributed by atoms with Crippen LogP contribution in [0.2, 0.25) is 0 Å². The van der Waals surface area contributed by atoms with E-state index in [9.17, 15) is 0 Å². The van der Waals surface area contributed by atoms with Gasteiger partial charge in [-0.3, -0.25) is 4.40 Å². The van der Waals surface area contributed by atoms with E-state index in [1.807, 2.05) is 12.1 Å². The van der Waals surface area contributed by atoms with Crippen molar-refractivity contribution in [3.8, 4) is 11.5 Å². The highest BCUT2D eigenvalue weighted by atomic mass is 35.5. The zero-order valence-electron chi connectivity index (χ0n) is 15.1. The summed E-state index contributed by atoms with van der Waals surface area (Å²) in [4.78, 5) is 7.44. The van der Waals surface area contributed by atoms with Gasteiger partial charge in [0.1, 0.15) is 5.69 Å². The Labute approximate surface area is 170 Å². The number of hydrogen-bond acceptors (Lipinski definition) is 3. The molecule has 5 nitrogen and oxygen atoms in total. The summed E-state index contributed by atoms with van der Waals surface area (Å²) in [6, 6.07) is 12.4. The molecule has 0 N–H and O–H groups in total. The summed E-state index contributed by atoms with van der Waals surface area (Å²) in [6.45, 7) is 4.49. The van der Waals surface area contributed by atoms with Gasteiger partial charge in [0.25, 0.3) is 0 Å². The molecule has 1 aromatic carbocycles. The Kier molecular flexibility index (Phi) is 6.15. The van der Waals surface area contributed by atoms with E-state index in [0.29, 0.717) is 0 Å². The van der Waals surface area contributed by atoms with Gasteiger partial charge in [0.15, 0.2) is 5.76 Å². The summed E-state index contributed by atoms with van der Waals surface area (Å²) < 4.78 is 10.1. The van der Waals surface area contributed by atoms with E-state index in [0.717, 1.165) is 30.3 Å². The number of hydrogen-bond donors (Lipinski definition) is 0. The maximum Gasteiger partial charge on any atom is 0.215 e. The Morgan fingerprint density at radius 1 is 0.889 bits per heavy atom. The first kappa shape index (κ1) is 19.8. The van der Waals surface area contributed by atoms with E-state index < -0.39 is 0 Å². The highest BCUT2D eigenvalue weighted by Crippen LogP contribution is 2.26. The number of halogens is 2. The highest BCUT2D eigenvalue weighted by Gasteiger charge is 2.17. The molecule has 0 atom stereocenters. The fraction of sp³-hybridized carbons (Fsp3) is 0.350. The lowest BCUT2D eigenvalue weighted by molar-refractivity contribution is 0.222. The molecule has 0 unspecified atom stereocenters. The van der Waals surface area contributed by atoms with Gasteiger partial charge in [-0.25, -0.2) is 4.98 Å². The van der Waals surface area contributed by atoms with Crippen LogP contribution in [0.1, 0.15) is 19.3 Å². The Balaban J connectivity index is 0.00000105. The zero-order valence-corrected chi connectivity index (χ0v) is 16.7. The summed E-state index contributed by atoms with van der Waals surface area (Å²) >= 11 is 0. The van der Waals surface area contributed by atoms with Crippen LogP contribution >= 0.6 is 24.8 Å². The molecule has 3 aromatic heterocycles. The molecule has 144 valence electrons. The number of furan rings is 1. The molecular formula is C20H24Cl2N4O. The van der Waals surface area contributed by atoms with Gasteiger partial charge in [-0.05, 0) is 50.2 Å². The van der Waals surface area contributed by atoms with Gasteiger partial charge in [0, 0.05) is 19.3 Å². The molecule has 7 heteroatoms. The van der Waals surface area contributed by atoms with E-state index >= 15 is 0 Å². The van der Waals surface area contributed by atoms with Crippen molar-refractivity contribution < 1.29 is 4.42 Å². The molecule has 0 amide bonds. The van der Waals surface area contributed by atoms with Crippen molar-refractivity contribution in [1.29, 1.82) is 0 Å². The second kappa shape index (κ2) is 8.38. The fourth-order valence-corrected chi connectivity index (χ4v) is 3.93. The Bertz CT molecular complexity index is 1000. The number of piperidine rings is 1. The Morgan fingerprint density at radius 3 is 2.41 bits per heavy atom. The van der Waals surface area contributed by atoms with Crippen molar-refractivity contribution in [3.05, 3.63) is 48.9 Å². The van der Waals surface area contributed by atoms with Crippen LogP contribution in [0.3, 0.4) is 0 Å². The van der Waals surface area contributed by atoms with E-state index in [1.165, 1.54) is 43.4 Å². The SMILES string of the molecule is Cl.Cl.c1coc(-c2cn3c4ccccc4n(CCN4CCCCC4)c3n2)c1. The van der Waals surface area contributed by atoms with Gasteiger partial charge >= 0.3 is 0 Å². The number of nitrogens with zero attached hydrogens (tertiary/aromatic N) is 4. The van der Waals surface area contributed by atoms with E-state index in [1.54, 1.807) is 6.26 Å². The third-order valence-corrected chi connectivity index (χ3v) is 5.22. The maximum atomic E-state index is 5.53. The fourth-order valence-electron chi connectivity index (χ4n) is 3.93. The minimum atomic E-state index is 0. The second-order valence-electron chi connectivity index (χ2n) is 6.82. The van der Waals surface area contributed by atoms with Crippen LogP contribution < -0.4 is 0 Å². The molecule has 0 aliphatic carbocycles. The van der Waals surface area contributed by atoms with Crippen molar-refractivity contribution in [2.24, 2.45) is 0 Å². The van der Waals surface area contributed by atoms with Crippen LogP contribution in [0.5, 0.6) is 0 Å². The molecule has 27 heavy (non-hydrogen) atoms. The number of aromatic nitrogens is 3. The van der Waals surface area contributed by atoms with Crippen molar-refractivity contribution in [2.45, 2.75) is 25.8 Å². The molecule has 4 aromatic rings. The summed E-state index contributed by atoms with van der Waals surface area (Å²) in [7, 11) is 0. The molecule has 5 rings (SSSR count). The average Bonchev–Trinajstić information content (AvgIpc) is 3.37. The van der Waals surface area contributed by atoms with Crippen molar-refractivity contribution in [1.82, 2.24) is 18.9 Å². The number of benzene rings is 1. The van der Waals surface area contributed by atoms with Gasteiger partial charge < -0.3 is 13.9 Å². The smallest absolute Gasteiger partial charge is 0.215 e. The molecule has 0 saturated carbocycles. The van der Waals surface area contributed by atoms with Crippen LogP contribution in [0.25, 0.3) is 28.3 Å². The van der Waals surface area contributed by atoms with E-state index in [4.69, 9.17) is 9.40 Å². The summed E-state index contributed by atoms with van der Waals surface area (Å²) in [5.74, 6) is 1.81. The van der Waals surface area contributed by atoms with Crippen LogP contribution in [0.4, 0.5) is 0 Å². The zero-order chi connectivity index (χ0) is 16.6. The first-order valence-electron chi connectivity index (χ1n) is 9.13. The van der Waals surface area contributed by atoms with Gasteiger partial charge in [0.05, 0.1) is 17.3 Å². The lowest BCUT2D eigenvalue weighted by atomic mass is 10.1. The van der Waals surface area contributed by atoms with E-state index in [-0.39, 0.29) is 24.8 Å². The van der Waals surface area contributed by atoms with E-state index in [2.05, 4.69) is 44.3 Å². The number of fused-ring (bicyclic) bond motifs is 3. The minimum absolute atomic E-state index is 0. The normalized spacial score (nSPS) is 15.0. The first-order valence-corrected chi connectivity index (χ1v) is 9.13. The third kappa shape index (κ3) is 3.59. The predicted molar refractivity (Wildman–Crippen MR) is 113 cm³/mol. The maximum absolute atomic E-state index is 5.53. The molecular weight excluding hydrogens is 383 g/mol. The Morgan fingerprint density at radius 2 is 1.67 bits per heavy atom. The van der Waals surface area contributed by atoms with Gasteiger partial charge in [0.2, 0.25) is 5.78 Å². The quantitative estimate of drug-likeness (QED) is 0.484. The number of para-hydroxylation sites is 2. The van der Waals surface area contributed by atoms with Crippen LogP contribution in [-0.2, 0) is 6.54 Å². The lowest BCUT2D eigenvalue weighted by Gasteiger charge is -2.26. The standard InChI is InChI=1S/C20H22N4O.2ClH/c1-4-10-22(11-5-1)12-13-23-17-7-2-3-8-18(17)24-15-16(21-20(23)24)19-9-6-14-25-19;;/h2-3,6-9,14-15H,1,4-5,10-13H2;2*1H. The first-order chi connectivity index (χ1) is 12.4. The van der Waals surface area contributed by atoms with Gasteiger partial charge in [-0.1, -0.05) is 18.6 Å². The highest BCUT2D eigenvalue weighted by molar-refractivity contribution is 5.85. The van der Waals surface area contributed by atoms with Crippen LogP contribution in [-0.4, -0.2) is 38.5 Å². The minimum Gasteiger partial charge on any atom is -0.463 e. The summed E-state index contributed by atoms with van der Waals surface area (Å²) in [6.07, 6.45) is 7.80. The van der Waals surface area contributed by atoms with Gasteiger partial charge in [-0.15, -0.1) is 24.8 Å². The average molecular weight is 407 g/mol. The molecule has 4 heterocycles. The molecule has 1 aliphatic heterocycles. The number of likely N-dealkylation sites (tertiary alicyclic amines) is 1. The molecule has 1 saturated heterocycles. The topological polar surface area (TPSA) is 38.6 Å². The second-order valence-corrected chi connectivity index (χ2v) is 6.82. The van der Waals surface area contributed by atoms with Crippen molar-refractivity contribution in [3.63, 3.8) is 0 Å². The largest absolute Gasteiger partial charge is 0.463 e. The Hall–Kier alpha value is -1.95. The van der Waals surface area contributed by atoms with Crippen LogP contribution in [0, 0.1) is 0 Å². The molecule has 0 spiro atoms. The molecule has 1 aliphatic rings. The number of imidazole rings is 2. The predicted octanol–water partition coefficient (Wildman–Crippen LogP) is 4.88. The van der Waals surface area contributed by atoms with Crippen molar-refractivity contribution >= 4 is 41.6 Å². The molecule has 0 radical (unpaired) electrons. The lowest BCUT2D eigenvalue weighted by Crippen LogP contribution is -2.32. The molecule has 0 bridgehead atoms. The molecule has 1 fully saturated rings.